The molecule has 2 rings (SSSR count). The van der Waals surface area contributed by atoms with Crippen molar-refractivity contribution in [3.63, 3.8) is 0 Å². The lowest BCUT2D eigenvalue weighted by molar-refractivity contribution is 0.0500. The molecule has 0 aliphatic rings. The Hall–Kier alpha value is -2.33. The molecule has 27 heavy (non-hydrogen) atoms. The minimum atomic E-state index is -0.509. The van der Waals surface area contributed by atoms with Crippen LogP contribution in [0.5, 0.6) is 0 Å². The fourth-order valence-electron chi connectivity index (χ4n) is 3.03. The number of amides is 1. The number of hydrogen-bond acceptors (Lipinski definition) is 3. The SMILES string of the molecule is CC(C)(C)OC(=O)NC(CCC(N)Cc1ccccc1)Cc1ccccc1. The average Bonchev–Trinajstić information content (AvgIpc) is 2.60. The normalized spacial score (nSPS) is 13.6. The summed E-state index contributed by atoms with van der Waals surface area (Å²) in [5.74, 6) is 0. The molecule has 0 spiro atoms. The number of benzene rings is 2. The Morgan fingerprint density at radius 1 is 0.926 bits per heavy atom. The quantitative estimate of drug-likeness (QED) is 0.722. The number of carbonyl (C=O) groups excluding carboxylic acids is 1. The maximum atomic E-state index is 12.2. The predicted octanol–water partition coefficient (Wildman–Crippen LogP) is 4.47. The van der Waals surface area contributed by atoms with Crippen molar-refractivity contribution in [2.75, 3.05) is 0 Å². The Balaban J connectivity index is 1.93. The number of alkyl carbamates (subject to hydrolysis) is 1. The van der Waals surface area contributed by atoms with E-state index in [9.17, 15) is 4.79 Å². The summed E-state index contributed by atoms with van der Waals surface area (Å²) in [6.07, 6.45) is 2.87. The van der Waals surface area contributed by atoms with Gasteiger partial charge in [-0.15, -0.1) is 0 Å². The summed E-state index contributed by atoms with van der Waals surface area (Å²) < 4.78 is 5.43. The second-order valence-corrected chi connectivity index (χ2v) is 8.06. The molecular weight excluding hydrogens is 336 g/mol. The molecule has 0 radical (unpaired) electrons. The lowest BCUT2D eigenvalue weighted by Crippen LogP contribution is -2.41. The van der Waals surface area contributed by atoms with Crippen LogP contribution in [0.4, 0.5) is 4.79 Å². The van der Waals surface area contributed by atoms with Gasteiger partial charge in [-0.2, -0.15) is 0 Å². The van der Waals surface area contributed by atoms with Gasteiger partial charge in [-0.05, 0) is 57.6 Å². The molecular formula is C23H32N2O2. The molecule has 0 aromatic heterocycles. The number of carbonyl (C=O) groups is 1. The minimum absolute atomic E-state index is 0.0101. The predicted molar refractivity (Wildman–Crippen MR) is 111 cm³/mol. The molecule has 3 N–H and O–H groups in total. The van der Waals surface area contributed by atoms with Gasteiger partial charge in [0.2, 0.25) is 0 Å². The summed E-state index contributed by atoms with van der Waals surface area (Å²) in [7, 11) is 0. The fourth-order valence-corrected chi connectivity index (χ4v) is 3.03. The van der Waals surface area contributed by atoms with Crippen molar-refractivity contribution < 1.29 is 9.53 Å². The van der Waals surface area contributed by atoms with Crippen LogP contribution in [0, 0.1) is 0 Å². The lowest BCUT2D eigenvalue weighted by Gasteiger charge is -2.24. The molecule has 0 aliphatic heterocycles. The highest BCUT2D eigenvalue weighted by Gasteiger charge is 2.20. The first kappa shape index (κ1) is 21.0. The maximum Gasteiger partial charge on any atom is 0.407 e. The van der Waals surface area contributed by atoms with Crippen molar-refractivity contribution in [1.29, 1.82) is 0 Å². The Morgan fingerprint density at radius 3 is 1.96 bits per heavy atom. The van der Waals surface area contributed by atoms with Gasteiger partial charge < -0.3 is 15.8 Å². The van der Waals surface area contributed by atoms with Crippen LogP contribution < -0.4 is 11.1 Å². The van der Waals surface area contributed by atoms with Gasteiger partial charge in [0.05, 0.1) is 0 Å². The van der Waals surface area contributed by atoms with Crippen molar-refractivity contribution in [2.45, 2.75) is 64.1 Å². The molecule has 1 amide bonds. The number of hydrogen-bond donors (Lipinski definition) is 2. The van der Waals surface area contributed by atoms with Gasteiger partial charge in [-0.25, -0.2) is 4.79 Å². The van der Waals surface area contributed by atoms with E-state index < -0.39 is 5.60 Å². The van der Waals surface area contributed by atoms with Gasteiger partial charge in [0.1, 0.15) is 5.60 Å². The van der Waals surface area contributed by atoms with E-state index in [-0.39, 0.29) is 18.2 Å². The van der Waals surface area contributed by atoms with Crippen molar-refractivity contribution in [2.24, 2.45) is 5.73 Å². The number of rotatable bonds is 8. The molecule has 2 atom stereocenters. The van der Waals surface area contributed by atoms with Crippen LogP contribution in [0.15, 0.2) is 60.7 Å². The summed E-state index contributed by atoms with van der Waals surface area (Å²) >= 11 is 0. The molecule has 0 saturated heterocycles. The van der Waals surface area contributed by atoms with E-state index in [0.29, 0.717) is 0 Å². The van der Waals surface area contributed by atoms with E-state index in [1.807, 2.05) is 57.2 Å². The van der Waals surface area contributed by atoms with Gasteiger partial charge in [0.25, 0.3) is 0 Å². The molecule has 0 fully saturated rings. The molecule has 146 valence electrons. The third kappa shape index (κ3) is 8.74. The van der Waals surface area contributed by atoms with Crippen LogP contribution >= 0.6 is 0 Å². The van der Waals surface area contributed by atoms with Gasteiger partial charge in [-0.1, -0.05) is 60.7 Å². The second kappa shape index (κ2) is 10.1. The molecule has 0 aliphatic carbocycles. The highest BCUT2D eigenvalue weighted by Crippen LogP contribution is 2.13. The van der Waals surface area contributed by atoms with E-state index in [1.54, 1.807) is 0 Å². The van der Waals surface area contributed by atoms with E-state index in [4.69, 9.17) is 10.5 Å². The van der Waals surface area contributed by atoms with Crippen molar-refractivity contribution in [1.82, 2.24) is 5.32 Å². The first-order valence-electron chi connectivity index (χ1n) is 9.65. The number of nitrogens with one attached hydrogen (secondary N) is 1. The van der Waals surface area contributed by atoms with Crippen molar-refractivity contribution in [3.8, 4) is 0 Å². The third-order valence-electron chi connectivity index (χ3n) is 4.27. The van der Waals surface area contributed by atoms with Crippen LogP contribution in [0.25, 0.3) is 0 Å². The van der Waals surface area contributed by atoms with Crippen molar-refractivity contribution in [3.05, 3.63) is 71.8 Å². The summed E-state index contributed by atoms with van der Waals surface area (Å²) in [6.45, 7) is 5.61. The molecule has 4 nitrogen and oxygen atoms in total. The zero-order valence-electron chi connectivity index (χ0n) is 16.7. The average molecular weight is 369 g/mol. The van der Waals surface area contributed by atoms with E-state index in [2.05, 4.69) is 29.6 Å². The first-order valence-corrected chi connectivity index (χ1v) is 9.65. The van der Waals surface area contributed by atoms with Gasteiger partial charge in [0.15, 0.2) is 0 Å². The Morgan fingerprint density at radius 2 is 1.44 bits per heavy atom. The van der Waals surface area contributed by atoms with E-state index in [0.717, 1.165) is 25.7 Å². The van der Waals surface area contributed by atoms with E-state index in [1.165, 1.54) is 11.1 Å². The molecule has 2 aromatic carbocycles. The number of nitrogens with two attached hydrogens (primary N) is 1. The number of ether oxygens (including phenoxy) is 1. The summed E-state index contributed by atoms with van der Waals surface area (Å²) in [5.41, 5.74) is 8.26. The topological polar surface area (TPSA) is 64.3 Å². The first-order chi connectivity index (χ1) is 12.8. The minimum Gasteiger partial charge on any atom is -0.444 e. The highest BCUT2D eigenvalue weighted by molar-refractivity contribution is 5.68. The summed E-state index contributed by atoms with van der Waals surface area (Å²) in [4.78, 5) is 12.2. The van der Waals surface area contributed by atoms with Crippen LogP contribution in [-0.4, -0.2) is 23.8 Å². The zero-order valence-corrected chi connectivity index (χ0v) is 16.7. The molecule has 4 heteroatoms. The lowest BCUT2D eigenvalue weighted by atomic mass is 9.96. The van der Waals surface area contributed by atoms with Crippen LogP contribution in [-0.2, 0) is 17.6 Å². The molecule has 2 aromatic rings. The summed E-state index contributed by atoms with van der Waals surface area (Å²) in [6, 6.07) is 20.5. The standard InChI is InChI=1S/C23H32N2O2/c1-23(2,3)27-22(26)25-21(17-19-12-8-5-9-13-19)15-14-20(24)16-18-10-6-4-7-11-18/h4-13,20-21H,14-17,24H2,1-3H3,(H,25,26). The van der Waals surface area contributed by atoms with Crippen LogP contribution in [0.3, 0.4) is 0 Å². The third-order valence-corrected chi connectivity index (χ3v) is 4.27. The fraction of sp³-hybridized carbons (Fsp3) is 0.435. The monoisotopic (exact) mass is 368 g/mol. The molecule has 2 unspecified atom stereocenters. The zero-order chi connectivity index (χ0) is 19.7. The van der Waals surface area contributed by atoms with Gasteiger partial charge >= 0.3 is 6.09 Å². The Bertz CT molecular complexity index is 681. The smallest absolute Gasteiger partial charge is 0.407 e. The highest BCUT2D eigenvalue weighted by atomic mass is 16.6. The van der Waals surface area contributed by atoms with E-state index >= 15 is 0 Å². The maximum absolute atomic E-state index is 12.2. The molecule has 0 heterocycles. The largest absolute Gasteiger partial charge is 0.444 e. The van der Waals surface area contributed by atoms with Crippen molar-refractivity contribution >= 4 is 6.09 Å². The van der Waals surface area contributed by atoms with Gasteiger partial charge in [0, 0.05) is 12.1 Å². The van der Waals surface area contributed by atoms with Crippen LogP contribution in [0.1, 0.15) is 44.7 Å². The van der Waals surface area contributed by atoms with Gasteiger partial charge in [-0.3, -0.25) is 0 Å². The second-order valence-electron chi connectivity index (χ2n) is 8.06. The molecule has 0 saturated carbocycles. The Kier molecular flexibility index (Phi) is 7.86. The van der Waals surface area contributed by atoms with Crippen LogP contribution in [0.2, 0.25) is 0 Å². The summed E-state index contributed by atoms with van der Waals surface area (Å²) in [5, 5.41) is 3.02. The molecule has 0 bridgehead atoms. The Labute approximate surface area is 163 Å².